The lowest BCUT2D eigenvalue weighted by Crippen LogP contribution is -2.57. The van der Waals surface area contributed by atoms with E-state index in [1.165, 1.54) is 5.56 Å². The molecule has 0 aliphatic heterocycles. The number of aryl methyl sites for hydroxylation is 1. The summed E-state index contributed by atoms with van der Waals surface area (Å²) in [6.45, 7) is 18.8. The molecular weight excluding hydrogens is 606 g/mol. The summed E-state index contributed by atoms with van der Waals surface area (Å²) >= 11 is 0. The van der Waals surface area contributed by atoms with Gasteiger partial charge in [-0.3, -0.25) is 10.1 Å². The van der Waals surface area contributed by atoms with Gasteiger partial charge >= 0.3 is 12.2 Å². The number of aromatic hydroxyl groups is 1. The highest BCUT2D eigenvalue weighted by molar-refractivity contribution is 5.95. The average molecular weight is 666 g/mol. The number of alkyl carbamates (subject to hydrolysis) is 1. The molecule has 0 saturated heterocycles. The monoisotopic (exact) mass is 665 g/mol. The smallest absolute Gasteiger partial charge is 0.417 e. The second-order valence-corrected chi connectivity index (χ2v) is 14.7. The Balaban J connectivity index is 2.56. The zero-order chi connectivity index (χ0) is 36.1. The molecule has 2 rings (SSSR count). The molecule has 2 aromatic rings. The normalized spacial score (nSPS) is 14.5. The second-order valence-electron chi connectivity index (χ2n) is 14.7. The molecule has 0 aliphatic rings. The number of nitrogens with one attached hydrogen (secondary N) is 2. The van der Waals surface area contributed by atoms with Crippen LogP contribution in [0.3, 0.4) is 0 Å². The predicted octanol–water partition coefficient (Wildman–Crippen LogP) is 8.18. The topological polar surface area (TPSA) is 117 Å². The number of unbranched alkanes of at least 4 members (excludes halogenated alkanes) is 1. The molecule has 0 unspecified atom stereocenters. The fourth-order valence-electron chi connectivity index (χ4n) is 4.99. The van der Waals surface area contributed by atoms with Crippen LogP contribution in [-0.4, -0.2) is 64.0 Å². The Bertz CT molecular complexity index is 1330. The summed E-state index contributed by atoms with van der Waals surface area (Å²) in [7, 11) is 0. The van der Waals surface area contributed by atoms with Crippen LogP contribution >= 0.6 is 0 Å². The van der Waals surface area contributed by atoms with Gasteiger partial charge in [-0.05, 0) is 90.5 Å². The van der Waals surface area contributed by atoms with Crippen molar-refractivity contribution >= 4 is 24.2 Å². The number of carbonyl (C=O) groups excluding carboxylic acids is 3. The third kappa shape index (κ3) is 14.9. The van der Waals surface area contributed by atoms with Gasteiger partial charge in [-0.15, -0.1) is 0 Å². The molecule has 4 atom stereocenters. The van der Waals surface area contributed by atoms with Crippen molar-refractivity contribution in [3.8, 4) is 5.75 Å². The Hall–Kier alpha value is -3.85. The molecule has 2 aromatic carbocycles. The van der Waals surface area contributed by atoms with Gasteiger partial charge in [0.1, 0.15) is 17.0 Å². The van der Waals surface area contributed by atoms with Crippen molar-refractivity contribution in [3.05, 3.63) is 71.3 Å². The molecule has 0 radical (unpaired) electrons. The Morgan fingerprint density at radius 1 is 0.917 bits per heavy atom. The third-order valence-electron chi connectivity index (χ3n) is 7.81. The summed E-state index contributed by atoms with van der Waals surface area (Å²) in [4.78, 5) is 42.4. The van der Waals surface area contributed by atoms with Crippen LogP contribution in [0, 0.1) is 12.8 Å². The summed E-state index contributed by atoms with van der Waals surface area (Å²) in [6, 6.07) is 13.3. The molecular formula is C39H59N3O6. The van der Waals surface area contributed by atoms with E-state index >= 15 is 0 Å². The number of phenolic OH excluding ortho intramolecular Hbond substituents is 1. The molecule has 9 heteroatoms. The predicted molar refractivity (Wildman–Crippen MR) is 193 cm³/mol. The number of rotatable bonds is 15. The Labute approximate surface area is 288 Å². The van der Waals surface area contributed by atoms with Crippen molar-refractivity contribution in [1.82, 2.24) is 15.5 Å². The van der Waals surface area contributed by atoms with Crippen LogP contribution in [-0.2, 0) is 20.7 Å². The van der Waals surface area contributed by atoms with Gasteiger partial charge in [0, 0.05) is 6.04 Å². The first-order valence-corrected chi connectivity index (χ1v) is 17.2. The number of benzene rings is 2. The van der Waals surface area contributed by atoms with E-state index in [-0.39, 0.29) is 30.7 Å². The largest absolute Gasteiger partial charge is 0.508 e. The zero-order valence-electron chi connectivity index (χ0n) is 30.8. The minimum atomic E-state index is -0.858. The number of nitrogens with zero attached hydrogens (tertiary/aromatic N) is 1. The van der Waals surface area contributed by atoms with Gasteiger partial charge < -0.3 is 19.9 Å². The van der Waals surface area contributed by atoms with Gasteiger partial charge in [-0.25, -0.2) is 14.5 Å². The molecule has 0 saturated carbocycles. The number of imide groups is 1. The van der Waals surface area contributed by atoms with Crippen LogP contribution in [0.4, 0.5) is 9.59 Å². The van der Waals surface area contributed by atoms with Crippen molar-refractivity contribution in [3.63, 3.8) is 0 Å². The highest BCUT2D eigenvalue weighted by Crippen LogP contribution is 2.20. The fraction of sp³-hybridized carbons (Fsp3) is 0.564. The molecule has 0 aliphatic carbocycles. The number of ether oxygens (including phenoxy) is 2. The lowest BCUT2D eigenvalue weighted by molar-refractivity contribution is -0.133. The van der Waals surface area contributed by atoms with E-state index in [1.54, 1.807) is 65.8 Å². The maximum Gasteiger partial charge on any atom is 0.417 e. The van der Waals surface area contributed by atoms with Crippen molar-refractivity contribution in [2.24, 2.45) is 5.92 Å². The van der Waals surface area contributed by atoms with E-state index in [4.69, 9.17) is 9.47 Å². The molecule has 266 valence electrons. The van der Waals surface area contributed by atoms with E-state index in [1.807, 2.05) is 19.9 Å². The molecule has 48 heavy (non-hydrogen) atoms. The second kappa shape index (κ2) is 18.6. The lowest BCUT2D eigenvalue weighted by atomic mass is 9.95. The van der Waals surface area contributed by atoms with Gasteiger partial charge in [-0.2, -0.15) is 0 Å². The van der Waals surface area contributed by atoms with Crippen LogP contribution in [0.5, 0.6) is 5.75 Å². The van der Waals surface area contributed by atoms with Crippen LogP contribution in [0.1, 0.15) is 105 Å². The zero-order valence-corrected chi connectivity index (χ0v) is 30.8. The Morgan fingerprint density at radius 3 is 2.06 bits per heavy atom. The van der Waals surface area contributed by atoms with E-state index in [9.17, 15) is 19.5 Å². The summed E-state index contributed by atoms with van der Waals surface area (Å²) in [5, 5.41) is 16.4. The molecule has 0 fully saturated rings. The van der Waals surface area contributed by atoms with Crippen LogP contribution in [0.25, 0.3) is 6.08 Å². The third-order valence-corrected chi connectivity index (χ3v) is 7.81. The van der Waals surface area contributed by atoms with Gasteiger partial charge in [-0.1, -0.05) is 94.1 Å². The fourth-order valence-corrected chi connectivity index (χ4v) is 4.99. The standard InChI is InChI=1S/C39H59N3O6/c1-11-13-14-31(40-36(45)47-38(5,6)7)26-42(37(46)48-39(8,9)10)35(44)34(25-30-19-22-32(43)23-20-30)41-33(28(4)12-2)24-21-29-17-15-27(3)16-18-29/h15-24,28,31,33-34,41,43H,11-14,25-26H2,1-10H3,(H,40,45)/b24-21+/t28-,31-,33+,34-/m0/s1. The molecule has 3 N–H and O–H groups in total. The average Bonchev–Trinajstić information content (AvgIpc) is 2.99. The van der Waals surface area contributed by atoms with Crippen molar-refractivity contribution in [2.75, 3.05) is 6.54 Å². The molecule has 0 aromatic heterocycles. The van der Waals surface area contributed by atoms with E-state index in [2.05, 4.69) is 54.8 Å². The van der Waals surface area contributed by atoms with Gasteiger partial charge in [0.2, 0.25) is 5.91 Å². The maximum atomic E-state index is 14.7. The lowest BCUT2D eigenvalue weighted by Gasteiger charge is -2.34. The number of amides is 3. The first kappa shape index (κ1) is 40.3. The molecule has 0 spiro atoms. The Kier molecular flexibility index (Phi) is 15.7. The van der Waals surface area contributed by atoms with Gasteiger partial charge in [0.05, 0.1) is 18.6 Å². The first-order chi connectivity index (χ1) is 22.4. The number of phenols is 1. The molecule has 3 amide bonds. The maximum absolute atomic E-state index is 14.7. The van der Waals surface area contributed by atoms with Crippen LogP contribution in [0.15, 0.2) is 54.6 Å². The van der Waals surface area contributed by atoms with E-state index in [0.717, 1.165) is 35.3 Å². The summed E-state index contributed by atoms with van der Waals surface area (Å²) in [5.41, 5.74) is 1.45. The molecule has 9 nitrogen and oxygen atoms in total. The van der Waals surface area contributed by atoms with Crippen LogP contribution in [0.2, 0.25) is 0 Å². The van der Waals surface area contributed by atoms with E-state index in [0.29, 0.717) is 6.42 Å². The summed E-state index contributed by atoms with van der Waals surface area (Å²) < 4.78 is 11.3. The molecule has 0 bridgehead atoms. The van der Waals surface area contributed by atoms with Crippen molar-refractivity contribution in [2.45, 2.75) is 131 Å². The van der Waals surface area contributed by atoms with Crippen molar-refractivity contribution < 1.29 is 29.0 Å². The highest BCUT2D eigenvalue weighted by Gasteiger charge is 2.36. The Morgan fingerprint density at radius 2 is 1.52 bits per heavy atom. The SMILES string of the molecule is CCCC[C@@H](CN(C(=O)OC(C)(C)C)C(=O)[C@H](Cc1ccc(O)cc1)N[C@H](/C=C/c1ccc(C)cc1)[C@@H](C)CC)NC(=O)OC(C)(C)C. The van der Waals surface area contributed by atoms with Gasteiger partial charge in [0.15, 0.2) is 0 Å². The van der Waals surface area contributed by atoms with Gasteiger partial charge in [0.25, 0.3) is 0 Å². The minimum absolute atomic E-state index is 0.0893. The van der Waals surface area contributed by atoms with Crippen LogP contribution < -0.4 is 10.6 Å². The number of hydrogen-bond acceptors (Lipinski definition) is 7. The number of carbonyl (C=O) groups is 3. The van der Waals surface area contributed by atoms with E-state index < -0.39 is 41.4 Å². The quantitative estimate of drug-likeness (QED) is 0.176. The summed E-state index contributed by atoms with van der Waals surface area (Å²) in [6.07, 6.45) is 5.99. The first-order valence-electron chi connectivity index (χ1n) is 17.2. The molecule has 0 heterocycles. The van der Waals surface area contributed by atoms with Crippen molar-refractivity contribution in [1.29, 1.82) is 0 Å². The summed E-state index contributed by atoms with van der Waals surface area (Å²) in [5.74, 6) is -0.194. The number of hydrogen-bond donors (Lipinski definition) is 3. The highest BCUT2D eigenvalue weighted by atomic mass is 16.6. The minimum Gasteiger partial charge on any atom is -0.508 e.